The Morgan fingerprint density at radius 2 is 0.692 bits per heavy atom. The van der Waals surface area contributed by atoms with E-state index in [9.17, 15) is 74.6 Å². The molecule has 0 fully saturated rings. The number of hydroxylamine groups is 2. The summed E-state index contributed by atoms with van der Waals surface area (Å²) in [6.45, 7) is 0. The lowest BCUT2D eigenvalue weighted by atomic mass is 10.2. The SMILES string of the molecule is FC(F)(F)N(OC(F)(C(F)(F)F)C(F)(F)F)C(F)(C(F)(F)F)C(F)(F)F. The summed E-state index contributed by atoms with van der Waals surface area (Å²) in [6, 6.07) is 0. The zero-order valence-electron chi connectivity index (χ0n) is 10.8. The molecule has 0 radical (unpaired) electrons. The van der Waals surface area contributed by atoms with Crippen LogP contribution in [0.5, 0.6) is 0 Å². The first-order chi connectivity index (χ1) is 10.8. The lowest BCUT2D eigenvalue weighted by molar-refractivity contribution is -0.576. The van der Waals surface area contributed by atoms with E-state index in [1.54, 1.807) is 0 Å². The molecule has 0 amide bonds. The summed E-state index contributed by atoms with van der Waals surface area (Å²) < 4.78 is 208. The van der Waals surface area contributed by atoms with Crippen molar-refractivity contribution in [1.29, 1.82) is 0 Å². The van der Waals surface area contributed by atoms with Crippen LogP contribution in [0.25, 0.3) is 0 Å². The van der Waals surface area contributed by atoms with E-state index in [0.717, 1.165) is 0 Å². The number of hydrogen-bond acceptors (Lipinski definition) is 2. The van der Waals surface area contributed by atoms with Crippen LogP contribution >= 0.6 is 0 Å². The van der Waals surface area contributed by atoms with Crippen LogP contribution in [-0.4, -0.2) is 47.7 Å². The van der Waals surface area contributed by atoms with Crippen LogP contribution in [-0.2, 0) is 4.84 Å². The number of halogens is 17. The molecule has 0 aromatic carbocycles. The van der Waals surface area contributed by atoms with Gasteiger partial charge < -0.3 is 0 Å². The smallest absolute Gasteiger partial charge is 0.230 e. The van der Waals surface area contributed by atoms with Crippen molar-refractivity contribution in [2.75, 3.05) is 0 Å². The third kappa shape index (κ3) is 4.01. The summed E-state index contributed by atoms with van der Waals surface area (Å²) in [6.07, 6.45) is -38.8. The maximum Gasteiger partial charge on any atom is 0.486 e. The van der Waals surface area contributed by atoms with Crippen LogP contribution in [0.2, 0.25) is 0 Å². The van der Waals surface area contributed by atoms with Gasteiger partial charge in [-0.3, -0.25) is 0 Å². The topological polar surface area (TPSA) is 12.5 Å². The van der Waals surface area contributed by atoms with E-state index in [-0.39, 0.29) is 0 Å². The minimum Gasteiger partial charge on any atom is -0.230 e. The summed E-state index contributed by atoms with van der Waals surface area (Å²) in [5.74, 6) is -15.8. The summed E-state index contributed by atoms with van der Waals surface area (Å²) in [4.78, 5) is 1.33. The zero-order valence-corrected chi connectivity index (χ0v) is 10.8. The average Bonchev–Trinajstić information content (AvgIpc) is 2.27. The minimum atomic E-state index is -8.04. The van der Waals surface area contributed by atoms with Gasteiger partial charge in [0.15, 0.2) is 0 Å². The summed E-state index contributed by atoms with van der Waals surface area (Å²) in [5, 5.41) is -4.39. The molecule has 26 heavy (non-hydrogen) atoms. The van der Waals surface area contributed by atoms with Crippen LogP contribution in [0.1, 0.15) is 0 Å². The molecule has 0 aliphatic carbocycles. The molecule has 0 aromatic heterocycles. The van der Waals surface area contributed by atoms with E-state index in [4.69, 9.17) is 0 Å². The molecule has 0 aliphatic heterocycles. The van der Waals surface area contributed by atoms with Gasteiger partial charge in [-0.1, -0.05) is 0 Å². The van der Waals surface area contributed by atoms with Crippen molar-refractivity contribution in [3.8, 4) is 0 Å². The average molecular weight is 437 g/mol. The minimum absolute atomic E-state index is 1.33. The van der Waals surface area contributed by atoms with Gasteiger partial charge in [0, 0.05) is 0 Å². The fraction of sp³-hybridized carbons (Fsp3) is 1.00. The first kappa shape index (κ1) is 24.7. The third-order valence-electron chi connectivity index (χ3n) is 2.21. The van der Waals surface area contributed by atoms with Crippen LogP contribution in [0.4, 0.5) is 74.6 Å². The Morgan fingerprint density at radius 3 is 0.846 bits per heavy atom. The lowest BCUT2D eigenvalue weighted by Gasteiger charge is -2.42. The van der Waals surface area contributed by atoms with Gasteiger partial charge in [-0.15, -0.1) is 0 Å². The van der Waals surface area contributed by atoms with Crippen molar-refractivity contribution < 1.29 is 79.5 Å². The predicted molar refractivity (Wildman–Crippen MR) is 40.9 cm³/mol. The fourth-order valence-corrected chi connectivity index (χ4v) is 1.07. The molecular formula is C7F17NO. The Balaban J connectivity index is 6.75. The van der Waals surface area contributed by atoms with Gasteiger partial charge in [-0.2, -0.15) is 70.2 Å². The Kier molecular flexibility index (Phi) is 5.83. The molecule has 0 rings (SSSR count). The monoisotopic (exact) mass is 437 g/mol. The Morgan fingerprint density at radius 1 is 0.423 bits per heavy atom. The second-order valence-electron chi connectivity index (χ2n) is 4.06. The van der Waals surface area contributed by atoms with E-state index >= 15 is 0 Å². The first-order valence-electron chi connectivity index (χ1n) is 5.05. The molecule has 0 spiro atoms. The molecule has 0 aromatic rings. The molecule has 0 atom stereocenters. The van der Waals surface area contributed by atoms with Crippen molar-refractivity contribution >= 4 is 0 Å². The van der Waals surface area contributed by atoms with Crippen LogP contribution in [0, 0.1) is 0 Å². The highest BCUT2D eigenvalue weighted by Crippen LogP contribution is 2.55. The summed E-state index contributed by atoms with van der Waals surface area (Å²) in [7, 11) is 0. The van der Waals surface area contributed by atoms with E-state index in [2.05, 4.69) is 0 Å². The van der Waals surface area contributed by atoms with E-state index in [1.165, 1.54) is 4.84 Å². The van der Waals surface area contributed by atoms with Crippen molar-refractivity contribution in [2.24, 2.45) is 0 Å². The molecule has 19 heteroatoms. The summed E-state index contributed by atoms with van der Waals surface area (Å²) in [5.41, 5.74) is 0. The highest BCUT2D eigenvalue weighted by atomic mass is 19.4. The first-order valence-corrected chi connectivity index (χ1v) is 5.05. The van der Waals surface area contributed by atoms with Crippen molar-refractivity contribution in [2.45, 2.75) is 42.7 Å². The van der Waals surface area contributed by atoms with Gasteiger partial charge in [-0.25, -0.2) is 9.23 Å². The molecule has 2 nitrogen and oxygen atoms in total. The standard InChI is InChI=1S/C7F17NO/c8-1(3(10,11)12,4(13,14)15)25(7(22,23)24)26-2(9,5(16,17)18)6(19,20)21. The van der Waals surface area contributed by atoms with E-state index < -0.39 is 47.7 Å². The molecule has 0 saturated heterocycles. The van der Waals surface area contributed by atoms with Crippen LogP contribution in [0.3, 0.4) is 0 Å². The number of hydrogen-bond donors (Lipinski definition) is 0. The molecule has 0 saturated carbocycles. The van der Waals surface area contributed by atoms with Crippen LogP contribution < -0.4 is 0 Å². The maximum absolute atomic E-state index is 13.2. The molecular weight excluding hydrogens is 437 g/mol. The van der Waals surface area contributed by atoms with Crippen molar-refractivity contribution in [1.82, 2.24) is 5.06 Å². The van der Waals surface area contributed by atoms with Crippen molar-refractivity contribution in [3.63, 3.8) is 0 Å². The molecule has 0 bridgehead atoms. The number of alkyl halides is 17. The summed E-state index contributed by atoms with van der Waals surface area (Å²) >= 11 is 0. The third-order valence-corrected chi connectivity index (χ3v) is 2.21. The number of rotatable bonds is 3. The highest BCUT2D eigenvalue weighted by molar-refractivity contribution is 4.95. The second-order valence-corrected chi connectivity index (χ2v) is 4.06. The molecule has 0 N–H and O–H groups in total. The van der Waals surface area contributed by atoms with Gasteiger partial charge >= 0.3 is 42.7 Å². The second kappa shape index (κ2) is 6.13. The molecule has 0 unspecified atom stereocenters. The van der Waals surface area contributed by atoms with Crippen molar-refractivity contribution in [3.05, 3.63) is 0 Å². The largest absolute Gasteiger partial charge is 0.486 e. The van der Waals surface area contributed by atoms with Gasteiger partial charge in [0.2, 0.25) is 0 Å². The molecule has 0 aliphatic rings. The molecule has 0 heterocycles. The maximum atomic E-state index is 13.2. The van der Waals surface area contributed by atoms with E-state index in [1.807, 2.05) is 0 Å². The van der Waals surface area contributed by atoms with E-state index in [0.29, 0.717) is 0 Å². The van der Waals surface area contributed by atoms with Gasteiger partial charge in [0.05, 0.1) is 0 Å². The van der Waals surface area contributed by atoms with Gasteiger partial charge in [0.25, 0.3) is 0 Å². The molecule has 158 valence electrons. The van der Waals surface area contributed by atoms with Crippen LogP contribution in [0.15, 0.2) is 0 Å². The zero-order chi connectivity index (χ0) is 21.8. The normalized spacial score (nSPS) is 16.4. The Bertz CT molecular complexity index is 462. The Labute approximate surface area is 129 Å². The fourth-order valence-electron chi connectivity index (χ4n) is 1.07. The highest BCUT2D eigenvalue weighted by Gasteiger charge is 2.85. The van der Waals surface area contributed by atoms with Gasteiger partial charge in [-0.05, 0) is 5.06 Å². The lowest BCUT2D eigenvalue weighted by Crippen LogP contribution is -2.71. The van der Waals surface area contributed by atoms with Gasteiger partial charge in [0.1, 0.15) is 0 Å². The Hall–Kier alpha value is -1.27. The predicted octanol–water partition coefficient (Wildman–Crippen LogP) is 5.32. The number of nitrogens with zero attached hydrogens (tertiary/aromatic N) is 1. The quantitative estimate of drug-likeness (QED) is 0.337.